The maximum Gasteiger partial charge on any atom is 0.160 e. The van der Waals surface area contributed by atoms with Crippen molar-refractivity contribution in [3.63, 3.8) is 0 Å². The Morgan fingerprint density at radius 1 is 1.17 bits per heavy atom. The molecule has 0 radical (unpaired) electrons. The molecule has 4 heterocycles. The first-order valence-corrected chi connectivity index (χ1v) is 9.13. The van der Waals surface area contributed by atoms with Crippen LogP contribution in [-0.4, -0.2) is 52.2 Å². The van der Waals surface area contributed by atoms with Gasteiger partial charge < -0.3 is 14.8 Å². The molecule has 0 spiro atoms. The van der Waals surface area contributed by atoms with Gasteiger partial charge in [-0.15, -0.1) is 0 Å². The van der Waals surface area contributed by atoms with Crippen LogP contribution in [0.2, 0.25) is 0 Å². The minimum atomic E-state index is 0.723. The van der Waals surface area contributed by atoms with E-state index in [2.05, 4.69) is 25.8 Å². The van der Waals surface area contributed by atoms with Gasteiger partial charge in [-0.25, -0.2) is 9.97 Å². The Hall–Kier alpha value is -1.46. The summed E-state index contributed by atoms with van der Waals surface area (Å²) in [6.07, 6.45) is 8.33. The highest BCUT2D eigenvalue weighted by atomic mass is 15.2. The number of rotatable bonds is 5. The molecular weight excluding hydrogens is 286 g/mol. The summed E-state index contributed by atoms with van der Waals surface area (Å²) in [7, 11) is 0. The number of nitrogens with one attached hydrogen (secondary N) is 1. The molecule has 2 aliphatic rings. The monoisotopic (exact) mass is 313 g/mol. The minimum absolute atomic E-state index is 0.723. The van der Waals surface area contributed by atoms with Crippen LogP contribution in [0.1, 0.15) is 31.5 Å². The lowest BCUT2D eigenvalue weighted by molar-refractivity contribution is 0.220. The Morgan fingerprint density at radius 3 is 2.91 bits per heavy atom. The Morgan fingerprint density at radius 2 is 2.09 bits per heavy atom. The van der Waals surface area contributed by atoms with Crippen LogP contribution in [-0.2, 0) is 13.0 Å². The van der Waals surface area contributed by atoms with Crippen molar-refractivity contribution < 1.29 is 0 Å². The predicted octanol–water partition coefficient (Wildman–Crippen LogP) is 2.07. The zero-order valence-electron chi connectivity index (χ0n) is 13.9. The number of piperidine rings is 1. The lowest BCUT2D eigenvalue weighted by atomic mass is 10.0. The van der Waals surface area contributed by atoms with Gasteiger partial charge in [0, 0.05) is 25.7 Å². The first-order chi connectivity index (χ1) is 11.4. The molecule has 2 fully saturated rings. The van der Waals surface area contributed by atoms with Crippen molar-refractivity contribution in [3.8, 4) is 0 Å². The normalized spacial score (nSPS) is 22.9. The van der Waals surface area contributed by atoms with Crippen LogP contribution in [0.4, 0.5) is 0 Å². The molecule has 0 aliphatic carbocycles. The lowest BCUT2D eigenvalue weighted by Gasteiger charge is -2.26. The summed E-state index contributed by atoms with van der Waals surface area (Å²) in [5.74, 6) is 1.95. The second-order valence-corrected chi connectivity index (χ2v) is 6.99. The minimum Gasteiger partial charge on any atom is -0.316 e. The highest BCUT2D eigenvalue weighted by Gasteiger charge is 2.20. The average Bonchev–Trinajstić information content (AvgIpc) is 3.22. The van der Waals surface area contributed by atoms with Gasteiger partial charge in [0.05, 0.1) is 0 Å². The molecule has 5 nitrogen and oxygen atoms in total. The predicted molar refractivity (Wildman–Crippen MR) is 92.5 cm³/mol. The van der Waals surface area contributed by atoms with E-state index in [9.17, 15) is 0 Å². The summed E-state index contributed by atoms with van der Waals surface area (Å²) in [6, 6.07) is 4.08. The van der Waals surface area contributed by atoms with Gasteiger partial charge in [0.2, 0.25) is 0 Å². The third-order valence-electron chi connectivity index (χ3n) is 5.30. The van der Waals surface area contributed by atoms with Crippen LogP contribution < -0.4 is 5.32 Å². The molecule has 1 unspecified atom stereocenters. The number of fused-ring (bicyclic) bond motifs is 1. The van der Waals surface area contributed by atoms with Crippen molar-refractivity contribution in [1.82, 2.24) is 24.8 Å². The van der Waals surface area contributed by atoms with Crippen molar-refractivity contribution in [2.75, 3.05) is 32.7 Å². The zero-order chi connectivity index (χ0) is 15.5. The standard InChI is InChI=1S/C18H27N5/c1-2-9-22(10-3-1)11-12-23-17(13-15-6-8-19-14-15)21-16-5-4-7-20-18(16)23/h4-5,7,15,19H,1-3,6,8-14H2. The van der Waals surface area contributed by atoms with Gasteiger partial charge in [-0.2, -0.15) is 0 Å². The van der Waals surface area contributed by atoms with Gasteiger partial charge in [-0.05, 0) is 63.5 Å². The van der Waals surface area contributed by atoms with Crippen LogP contribution >= 0.6 is 0 Å². The highest BCUT2D eigenvalue weighted by molar-refractivity contribution is 5.71. The van der Waals surface area contributed by atoms with E-state index in [4.69, 9.17) is 4.98 Å². The molecule has 0 aromatic carbocycles. The van der Waals surface area contributed by atoms with E-state index >= 15 is 0 Å². The SMILES string of the molecule is c1cnc2c(c1)nc(CC1CCNC1)n2CCN1CCCCC1. The molecule has 1 N–H and O–H groups in total. The van der Waals surface area contributed by atoms with Gasteiger partial charge in [0.25, 0.3) is 0 Å². The molecule has 2 aromatic rings. The second-order valence-electron chi connectivity index (χ2n) is 6.99. The molecule has 124 valence electrons. The molecule has 0 bridgehead atoms. The molecular formula is C18H27N5. The molecule has 4 rings (SSSR count). The Balaban J connectivity index is 1.54. The van der Waals surface area contributed by atoms with Gasteiger partial charge in [0.1, 0.15) is 11.3 Å². The lowest BCUT2D eigenvalue weighted by Crippen LogP contribution is -2.33. The van der Waals surface area contributed by atoms with Crippen LogP contribution in [0.25, 0.3) is 11.2 Å². The van der Waals surface area contributed by atoms with E-state index in [0.29, 0.717) is 0 Å². The number of aromatic nitrogens is 3. The molecule has 2 aliphatic heterocycles. The number of hydrogen-bond donors (Lipinski definition) is 1. The van der Waals surface area contributed by atoms with E-state index < -0.39 is 0 Å². The molecule has 2 aromatic heterocycles. The van der Waals surface area contributed by atoms with Crippen molar-refractivity contribution in [1.29, 1.82) is 0 Å². The highest BCUT2D eigenvalue weighted by Crippen LogP contribution is 2.20. The number of hydrogen-bond acceptors (Lipinski definition) is 4. The largest absolute Gasteiger partial charge is 0.316 e. The molecule has 0 amide bonds. The Labute approximate surface area is 138 Å². The fourth-order valence-electron chi connectivity index (χ4n) is 3.97. The van der Waals surface area contributed by atoms with Gasteiger partial charge in [-0.1, -0.05) is 6.42 Å². The topological polar surface area (TPSA) is 46.0 Å². The number of imidazole rings is 1. The van der Waals surface area contributed by atoms with Crippen molar-refractivity contribution in [3.05, 3.63) is 24.2 Å². The van der Waals surface area contributed by atoms with Crippen LogP contribution in [0.15, 0.2) is 18.3 Å². The summed E-state index contributed by atoms with van der Waals surface area (Å²) in [5.41, 5.74) is 2.11. The zero-order valence-corrected chi connectivity index (χ0v) is 13.9. The summed E-state index contributed by atoms with van der Waals surface area (Å²) in [4.78, 5) is 12.1. The van der Waals surface area contributed by atoms with Gasteiger partial charge >= 0.3 is 0 Å². The van der Waals surface area contributed by atoms with Crippen LogP contribution in [0.3, 0.4) is 0 Å². The summed E-state index contributed by atoms with van der Waals surface area (Å²) in [5, 5.41) is 3.47. The van der Waals surface area contributed by atoms with E-state index in [1.165, 1.54) is 44.6 Å². The fourth-order valence-corrected chi connectivity index (χ4v) is 3.97. The summed E-state index contributed by atoms with van der Waals surface area (Å²) >= 11 is 0. The quantitative estimate of drug-likeness (QED) is 0.918. The molecule has 23 heavy (non-hydrogen) atoms. The average molecular weight is 313 g/mol. The van der Waals surface area contributed by atoms with E-state index in [1.54, 1.807) is 0 Å². The fraction of sp³-hybridized carbons (Fsp3) is 0.667. The first kappa shape index (κ1) is 15.1. The van der Waals surface area contributed by atoms with Gasteiger partial charge in [0.15, 0.2) is 5.65 Å². The maximum atomic E-state index is 4.89. The van der Waals surface area contributed by atoms with Gasteiger partial charge in [-0.3, -0.25) is 0 Å². The number of pyridine rings is 1. The Bertz CT molecular complexity index is 638. The first-order valence-electron chi connectivity index (χ1n) is 9.13. The summed E-state index contributed by atoms with van der Waals surface area (Å²) < 4.78 is 2.38. The molecule has 5 heteroatoms. The number of nitrogens with zero attached hydrogens (tertiary/aromatic N) is 4. The van der Waals surface area contributed by atoms with Crippen molar-refractivity contribution >= 4 is 11.2 Å². The molecule has 1 atom stereocenters. The third-order valence-corrected chi connectivity index (χ3v) is 5.30. The summed E-state index contributed by atoms with van der Waals surface area (Å²) in [6.45, 7) is 6.92. The van der Waals surface area contributed by atoms with E-state index in [1.807, 2.05) is 12.3 Å². The Kier molecular flexibility index (Phi) is 4.57. The third kappa shape index (κ3) is 3.40. The van der Waals surface area contributed by atoms with E-state index in [0.717, 1.165) is 49.7 Å². The molecule has 2 saturated heterocycles. The van der Waals surface area contributed by atoms with Crippen LogP contribution in [0.5, 0.6) is 0 Å². The van der Waals surface area contributed by atoms with Crippen molar-refractivity contribution in [2.45, 2.75) is 38.6 Å². The molecule has 0 saturated carbocycles. The van der Waals surface area contributed by atoms with E-state index in [-0.39, 0.29) is 0 Å². The number of likely N-dealkylation sites (tertiary alicyclic amines) is 1. The van der Waals surface area contributed by atoms with Crippen LogP contribution in [0, 0.1) is 5.92 Å². The smallest absolute Gasteiger partial charge is 0.160 e. The maximum absolute atomic E-state index is 4.89. The van der Waals surface area contributed by atoms with Crippen molar-refractivity contribution in [2.24, 2.45) is 5.92 Å². The second kappa shape index (κ2) is 6.97.